The Morgan fingerprint density at radius 1 is 0.724 bits per heavy atom. The van der Waals surface area contributed by atoms with Gasteiger partial charge < -0.3 is 26.2 Å². The van der Waals surface area contributed by atoms with Crippen LogP contribution >= 0.6 is 12.4 Å². The van der Waals surface area contributed by atoms with Crippen molar-refractivity contribution in [3.8, 4) is 0 Å². The molecule has 2 aromatic carbocycles. The van der Waals surface area contributed by atoms with Crippen LogP contribution in [0.5, 0.6) is 0 Å². The molecule has 0 aliphatic heterocycles. The maximum Gasteiger partial charge on any atom is 0.0809 e. The van der Waals surface area contributed by atoms with Gasteiger partial charge in [0, 0.05) is 6.61 Å². The lowest BCUT2D eigenvalue weighted by Gasteiger charge is -2.27. The molecule has 0 bridgehead atoms. The molecule has 0 aromatic heterocycles. The van der Waals surface area contributed by atoms with Crippen molar-refractivity contribution >= 4 is 12.4 Å². The molecule has 0 amide bonds. The van der Waals surface area contributed by atoms with Crippen LogP contribution in [0.25, 0.3) is 0 Å². The minimum atomic E-state index is -1.18. The predicted molar refractivity (Wildman–Crippen MR) is 118 cm³/mol. The Labute approximate surface area is 179 Å². The van der Waals surface area contributed by atoms with Crippen molar-refractivity contribution in [1.29, 1.82) is 0 Å². The highest BCUT2D eigenvalue weighted by Crippen LogP contribution is 2.23. The fourth-order valence-electron chi connectivity index (χ4n) is 3.19. The minimum Gasteiger partial charge on any atom is -0.396 e. The third kappa shape index (κ3) is 8.42. The molecule has 0 spiro atoms. The quantitative estimate of drug-likeness (QED) is 0.337. The highest BCUT2D eigenvalue weighted by Gasteiger charge is 2.27. The van der Waals surface area contributed by atoms with Crippen LogP contribution < -0.4 is 5.73 Å². The average molecular weight is 424 g/mol. The number of hydrogen-bond acceptors (Lipinski definition) is 5. The van der Waals surface area contributed by atoms with Gasteiger partial charge in [0.15, 0.2) is 0 Å². The van der Waals surface area contributed by atoms with E-state index in [1.807, 2.05) is 24.3 Å². The topological polar surface area (TPSA) is 107 Å². The maximum absolute atomic E-state index is 10.3. The molecule has 0 radical (unpaired) electrons. The summed E-state index contributed by atoms with van der Waals surface area (Å²) in [6.45, 7) is -0.498. The van der Waals surface area contributed by atoms with E-state index in [1.165, 1.54) is 16.7 Å². The predicted octanol–water partition coefficient (Wildman–Crippen LogP) is 2.31. The number of halogens is 1. The fraction of sp³-hybridized carbons (Fsp3) is 0.478. The Morgan fingerprint density at radius 3 is 1.62 bits per heavy atom. The summed E-state index contributed by atoms with van der Waals surface area (Å²) >= 11 is 0. The molecular formula is C23H34ClNO4. The third-order valence-corrected chi connectivity index (χ3v) is 5.19. The summed E-state index contributed by atoms with van der Waals surface area (Å²) in [6, 6.07) is 16.4. The van der Waals surface area contributed by atoms with E-state index in [-0.39, 0.29) is 38.6 Å². The third-order valence-electron chi connectivity index (χ3n) is 5.19. The number of hydrogen-bond donors (Lipinski definition) is 5. The lowest BCUT2D eigenvalue weighted by molar-refractivity contribution is 0.0618. The zero-order valence-corrected chi connectivity index (χ0v) is 17.7. The van der Waals surface area contributed by atoms with Gasteiger partial charge in [0.1, 0.15) is 0 Å². The summed E-state index contributed by atoms with van der Waals surface area (Å²) in [4.78, 5) is 0. The van der Waals surface area contributed by atoms with Gasteiger partial charge in [-0.1, -0.05) is 48.5 Å². The molecule has 1 atom stereocenters. The van der Waals surface area contributed by atoms with Gasteiger partial charge >= 0.3 is 0 Å². The summed E-state index contributed by atoms with van der Waals surface area (Å²) in [5, 5.41) is 37.7. The van der Waals surface area contributed by atoms with Gasteiger partial charge in [-0.05, 0) is 60.8 Å². The van der Waals surface area contributed by atoms with Gasteiger partial charge in [-0.25, -0.2) is 0 Å². The van der Waals surface area contributed by atoms with E-state index < -0.39 is 11.6 Å². The number of aliphatic hydroxyl groups excluding tert-OH is 4. The van der Waals surface area contributed by atoms with Gasteiger partial charge in [-0.15, -0.1) is 12.4 Å². The van der Waals surface area contributed by atoms with Crippen LogP contribution in [-0.2, 0) is 19.3 Å². The summed E-state index contributed by atoms with van der Waals surface area (Å²) in [6.07, 6.45) is 3.99. The molecule has 0 aliphatic rings. The van der Waals surface area contributed by atoms with E-state index in [0.29, 0.717) is 0 Å². The van der Waals surface area contributed by atoms with E-state index in [1.54, 1.807) is 0 Å². The SMILES string of the molecule is Cl.NC(CO)(CO)CC(O)c1ccc(CCc2ccc(CCCCO)cc2)cc1. The van der Waals surface area contributed by atoms with Crippen LogP contribution in [0.1, 0.15) is 47.6 Å². The largest absolute Gasteiger partial charge is 0.396 e. The molecular weight excluding hydrogens is 390 g/mol. The smallest absolute Gasteiger partial charge is 0.0809 e. The highest BCUT2D eigenvalue weighted by molar-refractivity contribution is 5.85. The molecule has 2 rings (SSSR count). The Bertz CT molecular complexity index is 687. The normalized spacial score (nSPS) is 12.4. The lowest BCUT2D eigenvalue weighted by Crippen LogP contribution is -2.48. The molecule has 0 saturated heterocycles. The number of aliphatic hydroxyl groups is 4. The van der Waals surface area contributed by atoms with Gasteiger partial charge in [0.2, 0.25) is 0 Å². The number of rotatable bonds is 12. The van der Waals surface area contributed by atoms with E-state index in [4.69, 9.17) is 10.8 Å². The number of benzene rings is 2. The summed E-state index contributed by atoms with van der Waals surface area (Å²) in [5.41, 5.74) is 9.18. The van der Waals surface area contributed by atoms with Gasteiger partial charge in [-0.2, -0.15) is 0 Å². The maximum atomic E-state index is 10.3. The summed E-state index contributed by atoms with van der Waals surface area (Å²) < 4.78 is 0. The van der Waals surface area contributed by atoms with Crippen LogP contribution in [0.4, 0.5) is 0 Å². The lowest BCUT2D eigenvalue weighted by atomic mass is 9.91. The standard InChI is InChI=1S/C23H33NO4.ClH/c24-23(16-26,17-27)15-22(28)21-12-10-20(11-13-21)9-8-19-6-4-18(5-7-19)3-1-2-14-25;/h4-7,10-13,22,25-28H,1-3,8-9,14-17,24H2;1H. The van der Waals surface area contributed by atoms with Crippen LogP contribution in [0, 0.1) is 0 Å². The van der Waals surface area contributed by atoms with Crippen LogP contribution in [0.3, 0.4) is 0 Å². The van der Waals surface area contributed by atoms with E-state index in [2.05, 4.69) is 24.3 Å². The number of nitrogens with two attached hydrogens (primary N) is 1. The average Bonchev–Trinajstić information content (AvgIpc) is 2.73. The molecule has 0 heterocycles. The molecule has 1 unspecified atom stereocenters. The molecule has 6 N–H and O–H groups in total. The molecule has 0 aliphatic carbocycles. The number of unbranched alkanes of at least 4 members (excludes halogenated alkanes) is 1. The molecule has 0 fully saturated rings. The number of aryl methyl sites for hydroxylation is 3. The Morgan fingerprint density at radius 2 is 1.17 bits per heavy atom. The first-order chi connectivity index (χ1) is 13.5. The molecule has 5 nitrogen and oxygen atoms in total. The first kappa shape index (κ1) is 25.6. The summed E-state index contributed by atoms with van der Waals surface area (Å²) in [7, 11) is 0. The molecule has 2 aromatic rings. The van der Waals surface area contributed by atoms with Gasteiger partial charge in [-0.3, -0.25) is 0 Å². The zero-order chi connectivity index (χ0) is 20.4. The second kappa shape index (κ2) is 13.0. The molecule has 162 valence electrons. The Hall–Kier alpha value is -1.47. The Balaban J connectivity index is 0.00000420. The van der Waals surface area contributed by atoms with Crippen molar-refractivity contribution in [3.63, 3.8) is 0 Å². The zero-order valence-electron chi connectivity index (χ0n) is 16.8. The van der Waals surface area contributed by atoms with Crippen LogP contribution in [-0.4, -0.2) is 45.8 Å². The van der Waals surface area contributed by atoms with Crippen molar-refractivity contribution in [1.82, 2.24) is 0 Å². The van der Waals surface area contributed by atoms with E-state index >= 15 is 0 Å². The van der Waals surface area contributed by atoms with Crippen molar-refractivity contribution in [2.24, 2.45) is 5.73 Å². The minimum absolute atomic E-state index is 0. The second-order valence-electron chi connectivity index (χ2n) is 7.64. The molecule has 6 heteroatoms. The van der Waals surface area contributed by atoms with Gasteiger partial charge in [0.25, 0.3) is 0 Å². The Kier molecular flexibility index (Phi) is 11.4. The monoisotopic (exact) mass is 423 g/mol. The first-order valence-electron chi connectivity index (χ1n) is 9.96. The fourth-order valence-corrected chi connectivity index (χ4v) is 3.19. The van der Waals surface area contributed by atoms with Crippen LogP contribution in [0.15, 0.2) is 48.5 Å². The van der Waals surface area contributed by atoms with Crippen LogP contribution in [0.2, 0.25) is 0 Å². The van der Waals surface area contributed by atoms with Crippen molar-refractivity contribution < 1.29 is 20.4 Å². The van der Waals surface area contributed by atoms with Crippen molar-refractivity contribution in [3.05, 3.63) is 70.8 Å². The second-order valence-corrected chi connectivity index (χ2v) is 7.64. The first-order valence-corrected chi connectivity index (χ1v) is 9.96. The van der Waals surface area contributed by atoms with Crippen molar-refractivity contribution in [2.75, 3.05) is 19.8 Å². The summed E-state index contributed by atoms with van der Waals surface area (Å²) in [5.74, 6) is 0. The van der Waals surface area contributed by atoms with E-state index in [0.717, 1.165) is 37.7 Å². The van der Waals surface area contributed by atoms with Gasteiger partial charge in [0.05, 0.1) is 24.9 Å². The molecule has 0 saturated carbocycles. The van der Waals surface area contributed by atoms with E-state index in [9.17, 15) is 15.3 Å². The molecule has 29 heavy (non-hydrogen) atoms. The van der Waals surface area contributed by atoms with Crippen molar-refractivity contribution in [2.45, 2.75) is 50.2 Å². The highest BCUT2D eigenvalue weighted by atomic mass is 35.5.